The maximum absolute atomic E-state index is 13.2. The Morgan fingerprint density at radius 2 is 1.84 bits per heavy atom. The molecule has 1 aliphatic heterocycles. The number of para-hydroxylation sites is 1. The quantitative estimate of drug-likeness (QED) is 0.252. The number of aliphatic hydroxyl groups excluding tert-OH is 1. The third kappa shape index (κ3) is 6.86. The molecular weight excluding hydrogens is 478 g/mol. The van der Waals surface area contributed by atoms with Gasteiger partial charge in [0.05, 0.1) is 6.10 Å². The second-order valence-electron chi connectivity index (χ2n) is 10.1. The lowest BCUT2D eigenvalue weighted by atomic mass is 10.0. The number of benzene rings is 1. The van der Waals surface area contributed by atoms with Gasteiger partial charge < -0.3 is 36.5 Å². The summed E-state index contributed by atoms with van der Waals surface area (Å²) in [5.74, 6) is -2.80. The molecule has 0 spiro atoms. The molecule has 1 aromatic carbocycles. The van der Waals surface area contributed by atoms with E-state index in [-0.39, 0.29) is 18.8 Å². The lowest BCUT2D eigenvalue weighted by Crippen LogP contribution is -2.58. The van der Waals surface area contributed by atoms with Crippen molar-refractivity contribution in [2.75, 3.05) is 6.54 Å². The van der Waals surface area contributed by atoms with Crippen molar-refractivity contribution >= 4 is 34.6 Å². The summed E-state index contributed by atoms with van der Waals surface area (Å²) < 4.78 is 0. The molecular formula is C26H37N5O6. The Kier molecular flexibility index (Phi) is 9.28. The van der Waals surface area contributed by atoms with Gasteiger partial charge in [0, 0.05) is 30.1 Å². The molecule has 0 aliphatic carbocycles. The summed E-state index contributed by atoms with van der Waals surface area (Å²) >= 11 is 0. The Balaban J connectivity index is 1.72. The fraction of sp³-hybridized carbons (Fsp3) is 0.538. The minimum absolute atomic E-state index is 0.0259. The number of fused-ring (bicyclic) bond motifs is 1. The van der Waals surface area contributed by atoms with Crippen LogP contribution in [-0.4, -0.2) is 80.6 Å². The van der Waals surface area contributed by atoms with Gasteiger partial charge in [0.2, 0.25) is 17.7 Å². The van der Waals surface area contributed by atoms with E-state index in [0.717, 1.165) is 16.5 Å². The number of amides is 3. The van der Waals surface area contributed by atoms with Gasteiger partial charge in [0.1, 0.15) is 24.2 Å². The third-order valence-corrected chi connectivity index (χ3v) is 6.70. The number of carboxylic acid groups (broad SMARTS) is 1. The highest BCUT2D eigenvalue weighted by molar-refractivity contribution is 5.94. The zero-order valence-electron chi connectivity index (χ0n) is 21.4. The van der Waals surface area contributed by atoms with Crippen LogP contribution in [0.1, 0.15) is 45.6 Å². The van der Waals surface area contributed by atoms with Crippen molar-refractivity contribution in [1.82, 2.24) is 20.5 Å². The fourth-order valence-corrected chi connectivity index (χ4v) is 4.66. The largest absolute Gasteiger partial charge is 0.480 e. The number of aromatic nitrogens is 1. The predicted octanol–water partition coefficient (Wildman–Crippen LogP) is 0.510. The molecule has 5 unspecified atom stereocenters. The van der Waals surface area contributed by atoms with Crippen LogP contribution in [0.15, 0.2) is 30.5 Å². The molecule has 202 valence electrons. The standard InChI is InChI=1S/C26H37N5O6/c1-14(2)11-19(29-24(34)21-9-6-10-31(21)25(35)22(27)15(3)32)23(33)30-20(26(36)37)12-16-13-28-18-8-5-4-7-17(16)18/h4-5,7-8,13-15,19-22,28,32H,6,9-12,27H2,1-3H3,(H,29,34)(H,30,33)(H,36,37). The topological polar surface area (TPSA) is 178 Å². The maximum Gasteiger partial charge on any atom is 0.326 e. The van der Waals surface area contributed by atoms with Gasteiger partial charge in [0.15, 0.2) is 0 Å². The van der Waals surface area contributed by atoms with E-state index in [2.05, 4.69) is 15.6 Å². The molecule has 1 fully saturated rings. The highest BCUT2D eigenvalue weighted by atomic mass is 16.4. The highest BCUT2D eigenvalue weighted by Gasteiger charge is 2.39. The van der Waals surface area contributed by atoms with Crippen LogP contribution >= 0.6 is 0 Å². The first kappa shape index (κ1) is 28.1. The summed E-state index contributed by atoms with van der Waals surface area (Å²) in [4.78, 5) is 55.5. The van der Waals surface area contributed by atoms with Crippen LogP contribution in [0.25, 0.3) is 10.9 Å². The Morgan fingerprint density at radius 3 is 2.49 bits per heavy atom. The van der Waals surface area contributed by atoms with Crippen LogP contribution in [0, 0.1) is 5.92 Å². The average Bonchev–Trinajstić information content (AvgIpc) is 3.49. The lowest BCUT2D eigenvalue weighted by molar-refractivity contribution is -0.143. The summed E-state index contributed by atoms with van der Waals surface area (Å²) in [6.45, 7) is 5.51. The number of likely N-dealkylation sites (tertiary alicyclic amines) is 1. The number of H-pyrrole nitrogens is 1. The molecule has 3 amide bonds. The Labute approximate surface area is 215 Å². The molecule has 1 saturated heterocycles. The van der Waals surface area contributed by atoms with Gasteiger partial charge in [-0.05, 0) is 43.7 Å². The summed E-state index contributed by atoms with van der Waals surface area (Å²) in [5, 5.41) is 25.7. The summed E-state index contributed by atoms with van der Waals surface area (Å²) in [6, 6.07) is 3.33. The fourth-order valence-electron chi connectivity index (χ4n) is 4.66. The van der Waals surface area contributed by atoms with Crippen LogP contribution < -0.4 is 16.4 Å². The molecule has 3 rings (SSSR count). The normalized spacial score (nSPS) is 18.9. The average molecular weight is 516 g/mol. The second kappa shape index (κ2) is 12.2. The second-order valence-corrected chi connectivity index (χ2v) is 10.1. The van der Waals surface area contributed by atoms with Crippen molar-refractivity contribution in [2.45, 2.75) is 76.7 Å². The predicted molar refractivity (Wildman–Crippen MR) is 137 cm³/mol. The molecule has 2 heterocycles. The van der Waals surface area contributed by atoms with E-state index >= 15 is 0 Å². The number of hydrogen-bond donors (Lipinski definition) is 6. The van der Waals surface area contributed by atoms with Crippen molar-refractivity contribution in [1.29, 1.82) is 0 Å². The Hall–Kier alpha value is -3.44. The zero-order valence-corrected chi connectivity index (χ0v) is 21.4. The van der Waals surface area contributed by atoms with Crippen LogP contribution in [0.5, 0.6) is 0 Å². The van der Waals surface area contributed by atoms with Gasteiger partial charge in [-0.25, -0.2) is 4.79 Å². The molecule has 11 nitrogen and oxygen atoms in total. The lowest BCUT2D eigenvalue weighted by Gasteiger charge is -2.29. The van der Waals surface area contributed by atoms with Gasteiger partial charge >= 0.3 is 5.97 Å². The molecule has 1 aromatic heterocycles. The monoisotopic (exact) mass is 515 g/mol. The van der Waals surface area contributed by atoms with Crippen molar-refractivity contribution in [3.8, 4) is 0 Å². The van der Waals surface area contributed by atoms with E-state index in [1.54, 1.807) is 6.20 Å². The number of aliphatic hydroxyl groups is 1. The van der Waals surface area contributed by atoms with Crippen LogP contribution in [-0.2, 0) is 25.6 Å². The van der Waals surface area contributed by atoms with Gasteiger partial charge in [-0.15, -0.1) is 0 Å². The Morgan fingerprint density at radius 1 is 1.14 bits per heavy atom. The van der Waals surface area contributed by atoms with Crippen LogP contribution in [0.4, 0.5) is 0 Å². The van der Waals surface area contributed by atoms with E-state index in [1.807, 2.05) is 38.1 Å². The highest BCUT2D eigenvalue weighted by Crippen LogP contribution is 2.21. The van der Waals surface area contributed by atoms with Gasteiger partial charge in [-0.3, -0.25) is 14.4 Å². The molecule has 7 N–H and O–H groups in total. The van der Waals surface area contributed by atoms with Crippen molar-refractivity contribution in [3.05, 3.63) is 36.0 Å². The first-order chi connectivity index (χ1) is 17.5. The molecule has 0 bridgehead atoms. The van der Waals surface area contributed by atoms with Crippen molar-refractivity contribution in [2.24, 2.45) is 11.7 Å². The van der Waals surface area contributed by atoms with Crippen LogP contribution in [0.3, 0.4) is 0 Å². The minimum Gasteiger partial charge on any atom is -0.480 e. The Bertz CT molecular complexity index is 1130. The number of hydrogen-bond acceptors (Lipinski definition) is 6. The summed E-state index contributed by atoms with van der Waals surface area (Å²) in [5.41, 5.74) is 7.41. The van der Waals surface area contributed by atoms with Gasteiger partial charge in [-0.1, -0.05) is 32.0 Å². The molecule has 1 aliphatic rings. The third-order valence-electron chi connectivity index (χ3n) is 6.70. The van der Waals surface area contributed by atoms with Crippen molar-refractivity contribution < 1.29 is 29.4 Å². The number of nitrogens with two attached hydrogens (primary N) is 1. The van der Waals surface area contributed by atoms with Gasteiger partial charge in [0.25, 0.3) is 0 Å². The van der Waals surface area contributed by atoms with E-state index < -0.39 is 54.0 Å². The molecule has 0 radical (unpaired) electrons. The number of carbonyl (C=O) groups excluding carboxylic acids is 3. The van der Waals surface area contributed by atoms with E-state index in [4.69, 9.17) is 5.73 Å². The number of rotatable bonds is 11. The number of nitrogens with one attached hydrogen (secondary N) is 3. The SMILES string of the molecule is CC(C)CC(NC(=O)C1CCCN1C(=O)C(N)C(C)O)C(=O)NC(Cc1c[nH]c2ccccc12)C(=O)O. The summed E-state index contributed by atoms with van der Waals surface area (Å²) in [7, 11) is 0. The van der Waals surface area contributed by atoms with E-state index in [0.29, 0.717) is 19.4 Å². The number of aliphatic carboxylic acids is 1. The molecule has 11 heteroatoms. The number of aromatic amines is 1. The maximum atomic E-state index is 13.2. The molecule has 5 atom stereocenters. The van der Waals surface area contributed by atoms with Gasteiger partial charge in [-0.2, -0.15) is 0 Å². The summed E-state index contributed by atoms with van der Waals surface area (Å²) in [6.07, 6.45) is 1.99. The number of carbonyl (C=O) groups is 4. The molecule has 2 aromatic rings. The molecule has 37 heavy (non-hydrogen) atoms. The first-order valence-corrected chi connectivity index (χ1v) is 12.6. The first-order valence-electron chi connectivity index (χ1n) is 12.6. The number of nitrogens with zero attached hydrogens (tertiary/aromatic N) is 1. The van der Waals surface area contributed by atoms with Crippen LogP contribution in [0.2, 0.25) is 0 Å². The number of carboxylic acids is 1. The smallest absolute Gasteiger partial charge is 0.326 e. The van der Waals surface area contributed by atoms with Crippen molar-refractivity contribution in [3.63, 3.8) is 0 Å². The minimum atomic E-state index is -1.20. The molecule has 0 saturated carbocycles. The zero-order chi connectivity index (χ0) is 27.3. The van der Waals surface area contributed by atoms with E-state index in [9.17, 15) is 29.4 Å². The van der Waals surface area contributed by atoms with E-state index in [1.165, 1.54) is 11.8 Å².